The summed E-state index contributed by atoms with van der Waals surface area (Å²) in [6.07, 6.45) is 5.40. The van der Waals surface area contributed by atoms with Gasteiger partial charge >= 0.3 is 5.63 Å². The molecule has 33 heavy (non-hydrogen) atoms. The van der Waals surface area contributed by atoms with E-state index in [2.05, 4.69) is 6.92 Å². The lowest BCUT2D eigenvalue weighted by molar-refractivity contribution is 0.462. The van der Waals surface area contributed by atoms with Gasteiger partial charge in [0.05, 0.1) is 0 Å². The van der Waals surface area contributed by atoms with Crippen molar-refractivity contribution >= 4 is 10.8 Å². The predicted molar refractivity (Wildman–Crippen MR) is 130 cm³/mol. The minimum absolute atomic E-state index is 0.0304. The van der Waals surface area contributed by atoms with Crippen molar-refractivity contribution in [3.8, 4) is 22.3 Å². The van der Waals surface area contributed by atoms with Crippen molar-refractivity contribution in [2.24, 2.45) is 0 Å². The van der Waals surface area contributed by atoms with Gasteiger partial charge in [0, 0.05) is 12.0 Å². The highest BCUT2D eigenvalue weighted by Gasteiger charge is 2.15. The Morgan fingerprint density at radius 1 is 0.758 bits per heavy atom. The van der Waals surface area contributed by atoms with Crippen LogP contribution in [-0.2, 0) is 12.8 Å². The summed E-state index contributed by atoms with van der Waals surface area (Å²) in [7, 11) is 0. The minimum atomic E-state index is -0.651. The summed E-state index contributed by atoms with van der Waals surface area (Å²) >= 11 is 0. The summed E-state index contributed by atoms with van der Waals surface area (Å²) in [6.45, 7) is 4.12. The smallest absolute Gasteiger partial charge is 0.346 e. The van der Waals surface area contributed by atoms with Crippen molar-refractivity contribution in [2.75, 3.05) is 0 Å². The van der Waals surface area contributed by atoms with Crippen LogP contribution in [0.4, 0.5) is 8.78 Å². The Morgan fingerprint density at radius 2 is 1.48 bits per heavy atom. The summed E-state index contributed by atoms with van der Waals surface area (Å²) in [5.41, 5.74) is 2.70. The molecular formula is C29H28F2O2. The van der Waals surface area contributed by atoms with E-state index < -0.39 is 11.4 Å². The Bertz CT molecular complexity index is 1320. The molecule has 0 spiro atoms. The lowest BCUT2D eigenvalue weighted by Gasteiger charge is -2.10. The van der Waals surface area contributed by atoms with Crippen molar-refractivity contribution in [3.63, 3.8) is 0 Å². The van der Waals surface area contributed by atoms with Crippen molar-refractivity contribution in [2.45, 2.75) is 52.4 Å². The van der Waals surface area contributed by atoms with Gasteiger partial charge in [-0.2, -0.15) is 0 Å². The summed E-state index contributed by atoms with van der Waals surface area (Å²) in [6, 6.07) is 17.8. The van der Waals surface area contributed by atoms with Crippen molar-refractivity contribution in [3.05, 3.63) is 94.0 Å². The topological polar surface area (TPSA) is 30.2 Å². The van der Waals surface area contributed by atoms with E-state index in [1.807, 2.05) is 31.2 Å². The van der Waals surface area contributed by atoms with E-state index >= 15 is 4.39 Å². The monoisotopic (exact) mass is 446 g/mol. The van der Waals surface area contributed by atoms with Crippen LogP contribution in [0.5, 0.6) is 0 Å². The van der Waals surface area contributed by atoms with Crippen molar-refractivity contribution < 1.29 is 13.2 Å². The van der Waals surface area contributed by atoms with Gasteiger partial charge in [0.25, 0.3) is 0 Å². The number of hydrogen-bond donors (Lipinski definition) is 0. The molecule has 1 heterocycles. The standard InChI is InChI=1S/C29H28F2O2/c1-3-5-6-8-21-13-14-22(18-26(21)30)19-9-11-20(12-10-19)25-16-15-23-17-24(7-4-2)33-29(32)27(23)28(25)31/h9-18H,3-8H2,1-2H3. The highest BCUT2D eigenvalue weighted by Crippen LogP contribution is 2.30. The highest BCUT2D eigenvalue weighted by molar-refractivity contribution is 5.87. The molecule has 170 valence electrons. The number of unbranched alkanes of at least 4 members (excludes halogenated alkanes) is 2. The molecule has 4 heteroatoms. The molecule has 0 aliphatic rings. The minimum Gasteiger partial charge on any atom is -0.427 e. The fourth-order valence-electron chi connectivity index (χ4n) is 4.22. The van der Waals surface area contributed by atoms with Gasteiger partial charge in [0.2, 0.25) is 0 Å². The number of fused-ring (bicyclic) bond motifs is 1. The number of halogens is 2. The maximum Gasteiger partial charge on any atom is 0.346 e. The van der Waals surface area contributed by atoms with Crippen molar-refractivity contribution in [1.29, 1.82) is 0 Å². The van der Waals surface area contributed by atoms with Crippen LogP contribution < -0.4 is 5.63 Å². The van der Waals surface area contributed by atoms with Crippen LogP contribution in [0.1, 0.15) is 50.9 Å². The van der Waals surface area contributed by atoms with Gasteiger partial charge in [0.1, 0.15) is 22.8 Å². The molecule has 0 N–H and O–H groups in total. The Labute approximate surface area is 192 Å². The Morgan fingerprint density at radius 3 is 2.18 bits per heavy atom. The predicted octanol–water partition coefficient (Wildman–Crippen LogP) is 8.09. The SMILES string of the molecule is CCCCCc1ccc(-c2ccc(-c3ccc4cc(CCC)oc(=O)c4c3F)cc2)cc1F. The average molecular weight is 447 g/mol. The third-order valence-corrected chi connectivity index (χ3v) is 6.05. The second-order valence-electron chi connectivity index (χ2n) is 8.48. The maximum atomic E-state index is 15.3. The molecule has 2 nitrogen and oxygen atoms in total. The Hall–Kier alpha value is -3.27. The molecule has 0 saturated heterocycles. The second-order valence-corrected chi connectivity index (χ2v) is 8.48. The van der Waals surface area contributed by atoms with E-state index in [-0.39, 0.29) is 11.2 Å². The lowest BCUT2D eigenvalue weighted by Crippen LogP contribution is -2.05. The summed E-state index contributed by atoms with van der Waals surface area (Å²) in [5, 5.41) is 0.513. The number of benzene rings is 3. The van der Waals surface area contributed by atoms with Gasteiger partial charge in [-0.15, -0.1) is 0 Å². The highest BCUT2D eigenvalue weighted by atomic mass is 19.1. The zero-order valence-corrected chi connectivity index (χ0v) is 19.1. The number of aryl methyl sites for hydroxylation is 2. The van der Waals surface area contributed by atoms with Gasteiger partial charge in [-0.25, -0.2) is 13.6 Å². The van der Waals surface area contributed by atoms with E-state index in [1.54, 1.807) is 36.4 Å². The molecule has 4 aromatic rings. The van der Waals surface area contributed by atoms with Gasteiger partial charge < -0.3 is 4.42 Å². The summed E-state index contributed by atoms with van der Waals surface area (Å²) in [4.78, 5) is 12.4. The molecule has 4 rings (SSSR count). The lowest BCUT2D eigenvalue weighted by atomic mass is 9.97. The molecule has 1 aromatic heterocycles. The molecule has 0 aliphatic carbocycles. The van der Waals surface area contributed by atoms with Crippen LogP contribution in [0, 0.1) is 11.6 Å². The third-order valence-electron chi connectivity index (χ3n) is 6.05. The van der Waals surface area contributed by atoms with Crippen LogP contribution in [0.2, 0.25) is 0 Å². The average Bonchev–Trinajstić information content (AvgIpc) is 2.80. The molecule has 0 radical (unpaired) electrons. The van der Waals surface area contributed by atoms with Gasteiger partial charge in [-0.1, -0.05) is 75.2 Å². The van der Waals surface area contributed by atoms with E-state index in [9.17, 15) is 9.18 Å². The second kappa shape index (κ2) is 10.1. The first-order valence-corrected chi connectivity index (χ1v) is 11.7. The maximum absolute atomic E-state index is 15.3. The van der Waals surface area contributed by atoms with Crippen LogP contribution >= 0.6 is 0 Å². The van der Waals surface area contributed by atoms with E-state index in [1.165, 1.54) is 0 Å². The Kier molecular flexibility index (Phi) is 7.02. The van der Waals surface area contributed by atoms with Crippen LogP contribution in [0.3, 0.4) is 0 Å². The molecule has 0 atom stereocenters. The van der Waals surface area contributed by atoms with Crippen molar-refractivity contribution in [1.82, 2.24) is 0 Å². The molecule has 0 fully saturated rings. The van der Waals surface area contributed by atoms with Crippen LogP contribution in [0.25, 0.3) is 33.0 Å². The largest absolute Gasteiger partial charge is 0.427 e. The number of rotatable bonds is 8. The zero-order valence-electron chi connectivity index (χ0n) is 19.1. The van der Waals surface area contributed by atoms with Gasteiger partial charge in [-0.05, 0) is 59.0 Å². The Balaban J connectivity index is 1.62. The quantitative estimate of drug-likeness (QED) is 0.256. The zero-order chi connectivity index (χ0) is 23.4. The molecule has 0 amide bonds. The first kappa shape index (κ1) is 22.9. The molecule has 0 unspecified atom stereocenters. The molecule has 3 aromatic carbocycles. The third kappa shape index (κ3) is 4.90. The first-order chi connectivity index (χ1) is 16.0. The normalized spacial score (nSPS) is 11.3. The number of hydrogen-bond acceptors (Lipinski definition) is 2. The van der Waals surface area contributed by atoms with Gasteiger partial charge in [-0.3, -0.25) is 0 Å². The van der Waals surface area contributed by atoms with Gasteiger partial charge in [0.15, 0.2) is 0 Å². The van der Waals surface area contributed by atoms with E-state index in [4.69, 9.17) is 4.42 Å². The molecule has 0 bridgehead atoms. The van der Waals surface area contributed by atoms with Crippen LogP contribution in [0.15, 0.2) is 69.9 Å². The molecular weight excluding hydrogens is 418 g/mol. The fourth-order valence-corrected chi connectivity index (χ4v) is 4.22. The first-order valence-electron chi connectivity index (χ1n) is 11.7. The van der Waals surface area contributed by atoms with Crippen LogP contribution in [-0.4, -0.2) is 0 Å². The summed E-state index contributed by atoms with van der Waals surface area (Å²) < 4.78 is 35.1. The van der Waals surface area contributed by atoms with E-state index in [0.717, 1.165) is 48.8 Å². The fraction of sp³-hybridized carbons (Fsp3) is 0.276. The van der Waals surface area contributed by atoms with E-state index in [0.29, 0.717) is 28.7 Å². The molecule has 0 saturated carbocycles. The molecule has 0 aliphatic heterocycles. The summed E-state index contributed by atoms with van der Waals surface area (Å²) in [5.74, 6) is -0.211.